The maximum Gasteiger partial charge on any atom is 0.337 e. The number of Topliss-reactive ketones (excluding diaryl/α,β-unsaturated/α-hetero) is 1. The first-order valence-electron chi connectivity index (χ1n) is 11.1. The SMILES string of the molecule is COC(=O)[C@@H]1C(=O)C2=C(C[C@H]1C)NC(C)=C(C(=O)OC1CCCC1)[C@H]2c1ccc(O)cc1. The number of hydrogen-bond acceptors (Lipinski definition) is 7. The highest BCUT2D eigenvalue weighted by atomic mass is 16.5. The molecule has 4 rings (SSSR count). The van der Waals surface area contributed by atoms with Crippen molar-refractivity contribution >= 4 is 17.7 Å². The van der Waals surface area contributed by atoms with Gasteiger partial charge in [0.05, 0.1) is 12.7 Å². The lowest BCUT2D eigenvalue weighted by Crippen LogP contribution is -2.43. The third-order valence-electron chi connectivity index (χ3n) is 6.77. The Morgan fingerprint density at radius 3 is 2.41 bits per heavy atom. The van der Waals surface area contributed by atoms with Gasteiger partial charge in [-0.3, -0.25) is 9.59 Å². The molecule has 0 radical (unpaired) electrons. The van der Waals surface area contributed by atoms with Crippen LogP contribution in [-0.2, 0) is 23.9 Å². The molecule has 0 bridgehead atoms. The predicted molar refractivity (Wildman–Crippen MR) is 116 cm³/mol. The Bertz CT molecular complexity index is 1000. The first-order chi connectivity index (χ1) is 15.3. The topological polar surface area (TPSA) is 102 Å². The average molecular weight is 440 g/mol. The fraction of sp³-hybridized carbons (Fsp3) is 0.480. The molecule has 7 heteroatoms. The Labute approximate surface area is 187 Å². The molecule has 1 heterocycles. The number of phenols is 1. The van der Waals surface area contributed by atoms with Crippen LogP contribution in [0.5, 0.6) is 5.75 Å². The van der Waals surface area contributed by atoms with Crippen molar-refractivity contribution in [1.82, 2.24) is 5.32 Å². The van der Waals surface area contributed by atoms with Crippen LogP contribution in [0, 0.1) is 11.8 Å². The summed E-state index contributed by atoms with van der Waals surface area (Å²) in [5.41, 5.74) is 2.80. The normalized spacial score (nSPS) is 26.0. The van der Waals surface area contributed by atoms with Crippen molar-refractivity contribution in [2.45, 2.75) is 58.0 Å². The zero-order valence-corrected chi connectivity index (χ0v) is 18.6. The molecule has 1 fully saturated rings. The molecule has 32 heavy (non-hydrogen) atoms. The van der Waals surface area contributed by atoms with Crippen LogP contribution < -0.4 is 5.32 Å². The number of phenolic OH excluding ortho intramolecular Hbond substituents is 1. The maximum atomic E-state index is 13.6. The van der Waals surface area contributed by atoms with E-state index < -0.39 is 23.8 Å². The summed E-state index contributed by atoms with van der Waals surface area (Å²) >= 11 is 0. The molecule has 0 amide bonds. The molecule has 0 spiro atoms. The molecule has 1 saturated carbocycles. The number of esters is 2. The van der Waals surface area contributed by atoms with Crippen LogP contribution in [0.15, 0.2) is 46.8 Å². The Balaban J connectivity index is 1.79. The minimum atomic E-state index is -0.925. The van der Waals surface area contributed by atoms with Gasteiger partial charge >= 0.3 is 11.9 Å². The molecule has 1 aromatic carbocycles. The van der Waals surface area contributed by atoms with Gasteiger partial charge in [-0.2, -0.15) is 0 Å². The van der Waals surface area contributed by atoms with E-state index in [1.165, 1.54) is 19.2 Å². The molecule has 3 aliphatic rings. The van der Waals surface area contributed by atoms with Gasteiger partial charge in [0.2, 0.25) is 0 Å². The Kier molecular flexibility index (Phi) is 6.09. The van der Waals surface area contributed by atoms with Gasteiger partial charge in [0.25, 0.3) is 0 Å². The lowest BCUT2D eigenvalue weighted by Gasteiger charge is -2.38. The van der Waals surface area contributed by atoms with Gasteiger partial charge in [-0.15, -0.1) is 0 Å². The number of ether oxygens (including phenoxy) is 2. The number of nitrogens with one attached hydrogen (secondary N) is 1. The molecule has 7 nitrogen and oxygen atoms in total. The van der Waals surface area contributed by atoms with Crippen LogP contribution in [0.2, 0.25) is 0 Å². The Morgan fingerprint density at radius 2 is 1.78 bits per heavy atom. The van der Waals surface area contributed by atoms with E-state index in [0.717, 1.165) is 31.4 Å². The van der Waals surface area contributed by atoms with E-state index in [1.807, 2.05) is 13.8 Å². The quantitative estimate of drug-likeness (QED) is 0.547. The van der Waals surface area contributed by atoms with Crippen molar-refractivity contribution in [2.24, 2.45) is 11.8 Å². The summed E-state index contributed by atoms with van der Waals surface area (Å²) in [7, 11) is 1.28. The zero-order chi connectivity index (χ0) is 23.0. The molecule has 1 aromatic rings. The first-order valence-corrected chi connectivity index (χ1v) is 11.1. The lowest BCUT2D eigenvalue weighted by molar-refractivity contribution is -0.151. The fourth-order valence-corrected chi connectivity index (χ4v) is 5.17. The van der Waals surface area contributed by atoms with Crippen LogP contribution >= 0.6 is 0 Å². The third-order valence-corrected chi connectivity index (χ3v) is 6.77. The van der Waals surface area contributed by atoms with Crippen molar-refractivity contribution in [1.29, 1.82) is 0 Å². The molecule has 0 saturated heterocycles. The van der Waals surface area contributed by atoms with Crippen molar-refractivity contribution in [3.8, 4) is 5.75 Å². The second-order valence-electron chi connectivity index (χ2n) is 8.94. The van der Waals surface area contributed by atoms with Gasteiger partial charge in [-0.25, -0.2) is 4.79 Å². The van der Waals surface area contributed by atoms with Crippen LogP contribution in [0.3, 0.4) is 0 Å². The Morgan fingerprint density at radius 1 is 1.12 bits per heavy atom. The second-order valence-corrected chi connectivity index (χ2v) is 8.94. The zero-order valence-electron chi connectivity index (χ0n) is 18.6. The smallest absolute Gasteiger partial charge is 0.337 e. The monoisotopic (exact) mass is 439 g/mol. The molecule has 0 unspecified atom stereocenters. The van der Waals surface area contributed by atoms with Gasteiger partial charge in [-0.1, -0.05) is 19.1 Å². The summed E-state index contributed by atoms with van der Waals surface area (Å²) in [4.78, 5) is 39.4. The second kappa shape index (κ2) is 8.81. The van der Waals surface area contributed by atoms with Gasteiger partial charge in [-0.05, 0) is 62.6 Å². The maximum absolute atomic E-state index is 13.6. The number of carbonyl (C=O) groups excluding carboxylic acids is 3. The van der Waals surface area contributed by atoms with Crippen LogP contribution in [0.4, 0.5) is 0 Å². The molecule has 1 aliphatic heterocycles. The predicted octanol–water partition coefficient (Wildman–Crippen LogP) is 3.49. The summed E-state index contributed by atoms with van der Waals surface area (Å²) in [5.74, 6) is -3.12. The number of aromatic hydroxyl groups is 1. The number of carbonyl (C=O) groups is 3. The van der Waals surface area contributed by atoms with E-state index in [0.29, 0.717) is 28.8 Å². The molecule has 170 valence electrons. The molecular weight excluding hydrogens is 410 g/mol. The summed E-state index contributed by atoms with van der Waals surface area (Å²) in [6.45, 7) is 3.66. The summed E-state index contributed by atoms with van der Waals surface area (Å²) < 4.78 is 10.7. The van der Waals surface area contributed by atoms with E-state index in [2.05, 4.69) is 5.32 Å². The largest absolute Gasteiger partial charge is 0.508 e. The minimum absolute atomic E-state index is 0.0868. The van der Waals surface area contributed by atoms with Crippen molar-refractivity contribution < 1.29 is 29.0 Å². The summed E-state index contributed by atoms with van der Waals surface area (Å²) in [6.07, 6.45) is 4.10. The number of methoxy groups -OCH3 is 1. The standard InChI is InChI=1S/C25H29NO6/c1-13-12-18-22(23(28)19(13)24(29)31-3)21(15-8-10-16(27)11-9-15)20(14(2)26-18)25(30)32-17-6-4-5-7-17/h8-11,13,17,19,21,26-27H,4-7,12H2,1-3H3/t13-,19+,21-/m1/s1. The van der Waals surface area contributed by atoms with Crippen LogP contribution in [0.1, 0.15) is 57.4 Å². The van der Waals surface area contributed by atoms with Gasteiger partial charge in [0, 0.05) is 22.9 Å². The molecular formula is C25H29NO6. The lowest BCUT2D eigenvalue weighted by atomic mass is 9.69. The highest BCUT2D eigenvalue weighted by Gasteiger charge is 2.47. The molecule has 3 atom stereocenters. The average Bonchev–Trinajstić information content (AvgIpc) is 3.26. The Hall–Kier alpha value is -3.09. The molecule has 2 N–H and O–H groups in total. The van der Waals surface area contributed by atoms with E-state index in [4.69, 9.17) is 9.47 Å². The summed E-state index contributed by atoms with van der Waals surface area (Å²) in [6, 6.07) is 6.45. The van der Waals surface area contributed by atoms with E-state index in [9.17, 15) is 19.5 Å². The number of dihydropyridines is 1. The highest BCUT2D eigenvalue weighted by molar-refractivity contribution is 6.12. The van der Waals surface area contributed by atoms with Crippen molar-refractivity contribution in [2.75, 3.05) is 7.11 Å². The third kappa shape index (κ3) is 3.92. The van der Waals surface area contributed by atoms with E-state index >= 15 is 0 Å². The highest BCUT2D eigenvalue weighted by Crippen LogP contribution is 2.46. The number of rotatable bonds is 4. The fourth-order valence-electron chi connectivity index (χ4n) is 5.17. The van der Waals surface area contributed by atoms with Crippen molar-refractivity contribution in [3.63, 3.8) is 0 Å². The van der Waals surface area contributed by atoms with Gasteiger partial charge < -0.3 is 19.9 Å². The number of ketones is 1. The van der Waals surface area contributed by atoms with Crippen molar-refractivity contribution in [3.05, 3.63) is 52.4 Å². The number of hydrogen-bond donors (Lipinski definition) is 2. The van der Waals surface area contributed by atoms with Gasteiger partial charge in [0.15, 0.2) is 5.78 Å². The summed E-state index contributed by atoms with van der Waals surface area (Å²) in [5, 5.41) is 13.0. The molecule has 2 aliphatic carbocycles. The number of benzene rings is 1. The van der Waals surface area contributed by atoms with Crippen LogP contribution in [0.25, 0.3) is 0 Å². The minimum Gasteiger partial charge on any atom is -0.508 e. The van der Waals surface area contributed by atoms with E-state index in [-0.39, 0.29) is 23.6 Å². The van der Waals surface area contributed by atoms with Crippen LogP contribution in [-0.4, -0.2) is 36.0 Å². The molecule has 0 aromatic heterocycles. The van der Waals surface area contributed by atoms with Gasteiger partial charge in [0.1, 0.15) is 17.8 Å². The first kappa shape index (κ1) is 22.1. The van der Waals surface area contributed by atoms with E-state index in [1.54, 1.807) is 12.1 Å². The number of allylic oxidation sites excluding steroid dienone is 3.